The van der Waals surface area contributed by atoms with Crippen LogP contribution in [0.1, 0.15) is 12.0 Å². The van der Waals surface area contributed by atoms with E-state index in [0.29, 0.717) is 34.0 Å². The summed E-state index contributed by atoms with van der Waals surface area (Å²) in [5.41, 5.74) is 8.74. The third-order valence-electron chi connectivity index (χ3n) is 6.70. The van der Waals surface area contributed by atoms with Crippen molar-refractivity contribution in [3.05, 3.63) is 72.3 Å². The number of para-hydroxylation sites is 1. The van der Waals surface area contributed by atoms with Gasteiger partial charge in [0.25, 0.3) is 0 Å². The number of nitrogens with two attached hydrogens (primary N) is 1. The first kappa shape index (κ1) is 27.7. The summed E-state index contributed by atoms with van der Waals surface area (Å²) in [5.74, 6) is 2.77. The zero-order valence-corrected chi connectivity index (χ0v) is 22.4. The van der Waals surface area contributed by atoms with Gasteiger partial charge in [-0.25, -0.2) is 4.79 Å². The molecule has 0 aliphatic carbocycles. The number of nitrogens with zero attached hydrogens (tertiary/aromatic N) is 2. The van der Waals surface area contributed by atoms with Crippen LogP contribution in [0.5, 0.6) is 23.0 Å². The Bertz CT molecular complexity index is 1170. The van der Waals surface area contributed by atoms with Crippen LogP contribution in [0.4, 0.5) is 16.2 Å². The molecule has 3 rings (SSSR count). The van der Waals surface area contributed by atoms with E-state index in [1.807, 2.05) is 54.6 Å². The Labute approximate surface area is 219 Å². The Balaban J connectivity index is 1.85. The highest BCUT2D eigenvalue weighted by molar-refractivity contribution is 5.90. The minimum atomic E-state index is -0.461. The van der Waals surface area contributed by atoms with Crippen molar-refractivity contribution in [2.24, 2.45) is 5.73 Å². The maximum atomic E-state index is 12.2. The molecule has 0 aliphatic rings. The van der Waals surface area contributed by atoms with Crippen molar-refractivity contribution in [2.75, 3.05) is 60.0 Å². The fraction of sp³-hybridized carbons (Fsp3) is 0.345. The van der Waals surface area contributed by atoms with Gasteiger partial charge in [-0.2, -0.15) is 0 Å². The molecular weight excluding hydrogens is 470 g/mol. The fourth-order valence-corrected chi connectivity index (χ4v) is 4.49. The highest BCUT2D eigenvalue weighted by Crippen LogP contribution is 2.35. The Hall–Kier alpha value is -3.91. The van der Waals surface area contributed by atoms with Gasteiger partial charge >= 0.3 is 6.03 Å². The van der Waals surface area contributed by atoms with E-state index in [1.165, 1.54) is 0 Å². The number of benzene rings is 3. The summed E-state index contributed by atoms with van der Waals surface area (Å²) < 4.78 is 22.5. The lowest BCUT2D eigenvalue weighted by molar-refractivity contribution is 0.253. The molecular formula is C29H38N3O5+. The number of carbonyl (C=O) groups is 1. The summed E-state index contributed by atoms with van der Waals surface area (Å²) >= 11 is 0. The van der Waals surface area contributed by atoms with E-state index >= 15 is 0 Å². The number of carbonyl (C=O) groups excluding carboxylic acids is 1. The minimum absolute atomic E-state index is 0.461. The average molecular weight is 509 g/mol. The van der Waals surface area contributed by atoms with Gasteiger partial charge in [-0.1, -0.05) is 24.3 Å². The normalized spacial score (nSPS) is 12.4. The number of hydrogen-bond acceptors (Lipinski definition) is 5. The molecule has 1 atom stereocenters. The maximum absolute atomic E-state index is 12.2. The second-order valence-electron chi connectivity index (χ2n) is 9.00. The number of ether oxygens (including phenoxy) is 4. The lowest BCUT2D eigenvalue weighted by Crippen LogP contribution is -2.49. The van der Waals surface area contributed by atoms with E-state index in [2.05, 4.69) is 19.2 Å². The molecule has 0 heterocycles. The van der Waals surface area contributed by atoms with Crippen LogP contribution >= 0.6 is 0 Å². The lowest BCUT2D eigenvalue weighted by atomic mass is 10.1. The first-order chi connectivity index (χ1) is 17.8. The summed E-state index contributed by atoms with van der Waals surface area (Å²) in [7, 11) is 8.74. The van der Waals surface area contributed by atoms with Gasteiger partial charge in [0.05, 0.1) is 48.6 Å². The fourth-order valence-electron chi connectivity index (χ4n) is 4.49. The molecule has 0 aliphatic heterocycles. The zero-order valence-electron chi connectivity index (χ0n) is 22.4. The summed E-state index contributed by atoms with van der Waals surface area (Å²) in [6.07, 6.45) is 1.55. The molecule has 198 valence electrons. The van der Waals surface area contributed by atoms with Crippen LogP contribution in [0, 0.1) is 0 Å². The monoisotopic (exact) mass is 508 g/mol. The van der Waals surface area contributed by atoms with Gasteiger partial charge in [0, 0.05) is 37.2 Å². The average Bonchev–Trinajstić information content (AvgIpc) is 2.93. The molecule has 8 heteroatoms. The second kappa shape index (κ2) is 12.9. The number of quaternary nitrogens is 1. The van der Waals surface area contributed by atoms with Crippen LogP contribution < -0.4 is 34.1 Å². The van der Waals surface area contributed by atoms with E-state index in [9.17, 15) is 4.79 Å². The van der Waals surface area contributed by atoms with Crippen molar-refractivity contribution in [2.45, 2.75) is 12.8 Å². The van der Waals surface area contributed by atoms with Crippen molar-refractivity contribution in [1.82, 2.24) is 4.48 Å². The number of anilines is 1. The molecule has 0 radical (unpaired) electrons. The number of amides is 2. The highest BCUT2D eigenvalue weighted by atomic mass is 16.5. The molecule has 3 aromatic rings. The van der Waals surface area contributed by atoms with E-state index in [0.717, 1.165) is 42.9 Å². The predicted molar refractivity (Wildman–Crippen MR) is 148 cm³/mol. The SMILES string of the molecule is COc1ccc(CC[N+](C)(CCCN(C(N)=O)c2ccccc2)c2ccc(OC)c(OC)c2)cc1OC. The summed E-state index contributed by atoms with van der Waals surface area (Å²) in [6, 6.07) is 21.1. The van der Waals surface area contributed by atoms with Crippen LogP contribution in [0.3, 0.4) is 0 Å². The summed E-state index contributed by atoms with van der Waals surface area (Å²) in [6.45, 7) is 2.10. The largest absolute Gasteiger partial charge is 0.493 e. The van der Waals surface area contributed by atoms with Crippen molar-refractivity contribution in [3.8, 4) is 23.0 Å². The molecule has 1 unspecified atom stereocenters. The minimum Gasteiger partial charge on any atom is -0.493 e. The quantitative estimate of drug-likeness (QED) is 0.333. The van der Waals surface area contributed by atoms with Gasteiger partial charge < -0.3 is 24.7 Å². The van der Waals surface area contributed by atoms with Gasteiger partial charge in [-0.15, -0.1) is 0 Å². The molecule has 2 amide bonds. The second-order valence-corrected chi connectivity index (χ2v) is 9.00. The van der Waals surface area contributed by atoms with E-state index < -0.39 is 6.03 Å². The molecule has 3 aromatic carbocycles. The van der Waals surface area contributed by atoms with Gasteiger partial charge in [-0.3, -0.25) is 9.38 Å². The Morgan fingerprint density at radius 2 is 1.38 bits per heavy atom. The molecule has 0 aromatic heterocycles. The van der Waals surface area contributed by atoms with E-state index in [-0.39, 0.29) is 0 Å². The van der Waals surface area contributed by atoms with Crippen molar-refractivity contribution in [3.63, 3.8) is 0 Å². The van der Waals surface area contributed by atoms with Crippen LogP contribution in [0.15, 0.2) is 66.7 Å². The molecule has 0 bridgehead atoms. The highest BCUT2D eigenvalue weighted by Gasteiger charge is 2.27. The number of hydrogen-bond donors (Lipinski definition) is 1. The van der Waals surface area contributed by atoms with Crippen molar-refractivity contribution in [1.29, 1.82) is 0 Å². The number of rotatable bonds is 13. The zero-order chi connectivity index (χ0) is 26.8. The third-order valence-corrected chi connectivity index (χ3v) is 6.70. The first-order valence-corrected chi connectivity index (χ1v) is 12.2. The Morgan fingerprint density at radius 3 is 1.97 bits per heavy atom. The molecule has 8 nitrogen and oxygen atoms in total. The van der Waals surface area contributed by atoms with Crippen LogP contribution in [0.2, 0.25) is 0 Å². The number of methoxy groups -OCH3 is 4. The standard InChI is InChI=1S/C29H37N3O5/c1-32(24-13-15-26(35-3)28(21-24)37-5,19-16-22-12-14-25(34-2)27(20-22)36-4)18-9-17-31(29(30)33)23-10-7-6-8-11-23/h6-8,10-15,20-21H,9,16-19H2,1-5H3,(H-,30,33)/p+1. The maximum Gasteiger partial charge on any atom is 0.319 e. The topological polar surface area (TPSA) is 83.3 Å². The lowest BCUT2D eigenvalue weighted by Gasteiger charge is -2.35. The van der Waals surface area contributed by atoms with Crippen LogP contribution in [-0.4, -0.2) is 61.2 Å². The van der Waals surface area contributed by atoms with Crippen LogP contribution in [0.25, 0.3) is 0 Å². The van der Waals surface area contributed by atoms with Gasteiger partial charge in [0.15, 0.2) is 23.0 Å². The molecule has 0 spiro atoms. The molecule has 0 fully saturated rings. The van der Waals surface area contributed by atoms with Crippen molar-refractivity contribution < 1.29 is 23.7 Å². The number of primary amides is 1. The Kier molecular flexibility index (Phi) is 9.63. The van der Waals surface area contributed by atoms with Crippen molar-refractivity contribution >= 4 is 17.4 Å². The van der Waals surface area contributed by atoms with E-state index in [1.54, 1.807) is 33.3 Å². The number of urea groups is 1. The van der Waals surface area contributed by atoms with Gasteiger partial charge in [0.1, 0.15) is 5.69 Å². The Morgan fingerprint density at radius 1 is 0.784 bits per heavy atom. The number of likely N-dealkylation sites (N-methyl/N-ethyl adjacent to an activating group) is 1. The van der Waals surface area contributed by atoms with Crippen LogP contribution in [-0.2, 0) is 6.42 Å². The summed E-state index contributed by atoms with van der Waals surface area (Å²) in [5, 5.41) is 0. The molecule has 2 N–H and O–H groups in total. The van der Waals surface area contributed by atoms with Gasteiger partial charge in [-0.05, 0) is 35.9 Å². The smallest absolute Gasteiger partial charge is 0.319 e. The van der Waals surface area contributed by atoms with Gasteiger partial charge in [0.2, 0.25) is 0 Å². The first-order valence-electron chi connectivity index (χ1n) is 12.2. The molecule has 0 saturated carbocycles. The third kappa shape index (κ3) is 6.86. The van der Waals surface area contributed by atoms with E-state index in [4.69, 9.17) is 24.7 Å². The predicted octanol–water partition coefficient (Wildman–Crippen LogP) is 4.88. The molecule has 37 heavy (non-hydrogen) atoms. The summed E-state index contributed by atoms with van der Waals surface area (Å²) in [4.78, 5) is 13.8. The molecule has 0 saturated heterocycles.